The van der Waals surface area contributed by atoms with Crippen molar-refractivity contribution in [3.05, 3.63) is 115 Å². The van der Waals surface area contributed by atoms with Crippen LogP contribution in [0.3, 0.4) is 0 Å². The molecule has 0 atom stereocenters. The minimum atomic E-state index is -0.442. The lowest BCUT2D eigenvalue weighted by Gasteiger charge is -2.15. The molecule has 7 nitrogen and oxygen atoms in total. The number of Topliss-reactive ketones (excluding diaryl/α,β-unsaturated/α-hetero) is 1. The normalized spacial score (nSPS) is 17.1. The molecule has 2 aromatic rings. The highest BCUT2D eigenvalue weighted by atomic mass is 16.6. The Hall–Kier alpha value is -4.13. The minimum absolute atomic E-state index is 0.00727. The summed E-state index contributed by atoms with van der Waals surface area (Å²) < 4.78 is 0. The van der Waals surface area contributed by atoms with Gasteiger partial charge in [0, 0.05) is 12.1 Å². The Morgan fingerprint density at radius 1 is 0.710 bits per heavy atom. The summed E-state index contributed by atoms with van der Waals surface area (Å²) in [6.45, 7) is 0. The van der Waals surface area contributed by atoms with Crippen molar-refractivity contribution in [1.29, 1.82) is 0 Å². The molecule has 0 spiro atoms. The molecule has 1 aliphatic carbocycles. The van der Waals surface area contributed by atoms with Crippen molar-refractivity contribution in [1.82, 2.24) is 0 Å². The summed E-state index contributed by atoms with van der Waals surface area (Å²) in [5.74, 6) is -0.0781. The van der Waals surface area contributed by atoms with E-state index in [-0.39, 0.29) is 17.2 Å². The lowest BCUT2D eigenvalue weighted by molar-refractivity contribution is -0.385. The number of carbonyl (C=O) groups is 1. The van der Waals surface area contributed by atoms with Crippen LogP contribution < -0.4 is 0 Å². The van der Waals surface area contributed by atoms with Crippen molar-refractivity contribution in [2.75, 3.05) is 0 Å². The highest BCUT2D eigenvalue weighted by Crippen LogP contribution is 2.26. The molecule has 0 aromatic heterocycles. The highest BCUT2D eigenvalue weighted by molar-refractivity contribution is 6.09. The first-order valence-corrected chi connectivity index (χ1v) is 9.73. The molecular weight excluding hydrogens is 396 g/mol. The molecule has 7 heteroatoms. The Bertz CT molecular complexity index is 1050. The number of para-hydroxylation sites is 2. The topological polar surface area (TPSA) is 103 Å². The molecule has 0 amide bonds. The Labute approximate surface area is 179 Å². The number of rotatable bonds is 6. The van der Waals surface area contributed by atoms with Crippen LogP contribution in [0.2, 0.25) is 0 Å². The number of nitro groups is 2. The van der Waals surface area contributed by atoms with Gasteiger partial charge in [0.05, 0.1) is 21.0 Å². The van der Waals surface area contributed by atoms with Gasteiger partial charge in [-0.2, -0.15) is 0 Å². The second-order valence-corrected chi connectivity index (χ2v) is 6.92. The number of hydrogen-bond donors (Lipinski definition) is 0. The molecule has 1 aliphatic rings. The Morgan fingerprint density at radius 3 is 1.55 bits per heavy atom. The zero-order chi connectivity index (χ0) is 22.2. The first-order chi connectivity index (χ1) is 15.0. The molecule has 1 saturated carbocycles. The smallest absolute Gasteiger partial charge is 0.276 e. The second kappa shape index (κ2) is 10.1. The van der Waals surface area contributed by atoms with Crippen molar-refractivity contribution in [2.45, 2.75) is 19.3 Å². The molecule has 0 saturated heterocycles. The van der Waals surface area contributed by atoms with Gasteiger partial charge in [0.1, 0.15) is 0 Å². The van der Waals surface area contributed by atoms with E-state index in [4.69, 9.17) is 0 Å². The predicted molar refractivity (Wildman–Crippen MR) is 119 cm³/mol. The van der Waals surface area contributed by atoms with E-state index in [9.17, 15) is 25.0 Å². The summed E-state index contributed by atoms with van der Waals surface area (Å²) in [6.07, 6.45) is 12.0. The molecule has 31 heavy (non-hydrogen) atoms. The summed E-state index contributed by atoms with van der Waals surface area (Å²) in [5.41, 5.74) is 2.21. The Balaban J connectivity index is 1.76. The zero-order valence-corrected chi connectivity index (χ0v) is 16.6. The third kappa shape index (κ3) is 5.48. The standard InChI is InChI=1S/C24H20N2O5/c27-24-20(12-5-10-18-8-1-3-16-22(18)25(28)29)14-7-15-21(24)13-6-11-19-9-2-4-17-23(19)26(30)31/h1-6,8-13,16-17H,7,14-15H2. The maximum absolute atomic E-state index is 12.7. The van der Waals surface area contributed by atoms with E-state index in [1.165, 1.54) is 12.1 Å². The molecule has 1 fully saturated rings. The van der Waals surface area contributed by atoms with Gasteiger partial charge in [0.15, 0.2) is 5.78 Å². The monoisotopic (exact) mass is 416 g/mol. The van der Waals surface area contributed by atoms with Gasteiger partial charge in [-0.25, -0.2) is 0 Å². The fourth-order valence-electron chi connectivity index (χ4n) is 3.35. The highest BCUT2D eigenvalue weighted by Gasteiger charge is 2.19. The average molecular weight is 416 g/mol. The summed E-state index contributed by atoms with van der Waals surface area (Å²) in [4.78, 5) is 34.0. The molecule has 0 unspecified atom stereocenters. The molecular formula is C24H20N2O5. The largest absolute Gasteiger partial charge is 0.289 e. The Kier molecular flexibility index (Phi) is 7.01. The van der Waals surface area contributed by atoms with E-state index in [1.807, 2.05) is 0 Å². The third-order valence-corrected chi connectivity index (χ3v) is 4.89. The van der Waals surface area contributed by atoms with Gasteiger partial charge >= 0.3 is 0 Å². The number of benzene rings is 2. The number of ketones is 1. The number of hydrogen-bond acceptors (Lipinski definition) is 5. The number of nitrogens with zero attached hydrogens (tertiary/aromatic N) is 2. The fraction of sp³-hybridized carbons (Fsp3) is 0.125. The molecule has 0 aliphatic heterocycles. The maximum Gasteiger partial charge on any atom is 0.276 e. The van der Waals surface area contributed by atoms with Gasteiger partial charge in [0.2, 0.25) is 0 Å². The van der Waals surface area contributed by atoms with E-state index < -0.39 is 9.85 Å². The van der Waals surface area contributed by atoms with E-state index in [1.54, 1.807) is 72.9 Å². The van der Waals surface area contributed by atoms with Crippen molar-refractivity contribution >= 4 is 29.3 Å². The number of allylic oxidation sites excluding steroid dienone is 6. The quantitative estimate of drug-likeness (QED) is 0.334. The number of nitro benzene ring substituents is 2. The van der Waals surface area contributed by atoms with Crippen LogP contribution in [0, 0.1) is 20.2 Å². The van der Waals surface area contributed by atoms with Crippen LogP contribution in [0.1, 0.15) is 30.4 Å². The van der Waals surface area contributed by atoms with Crippen LogP contribution in [0.5, 0.6) is 0 Å². The Morgan fingerprint density at radius 2 is 1.13 bits per heavy atom. The van der Waals surface area contributed by atoms with Crippen LogP contribution >= 0.6 is 0 Å². The maximum atomic E-state index is 12.7. The fourth-order valence-corrected chi connectivity index (χ4v) is 3.35. The van der Waals surface area contributed by atoms with E-state index in [0.717, 1.165) is 6.42 Å². The van der Waals surface area contributed by atoms with Crippen molar-refractivity contribution in [3.63, 3.8) is 0 Å². The summed E-state index contributed by atoms with van der Waals surface area (Å²) in [7, 11) is 0. The van der Waals surface area contributed by atoms with Gasteiger partial charge < -0.3 is 0 Å². The molecule has 3 rings (SSSR count). The molecule has 156 valence electrons. The summed E-state index contributed by atoms with van der Waals surface area (Å²) >= 11 is 0. The lowest BCUT2D eigenvalue weighted by Crippen LogP contribution is -2.12. The van der Waals surface area contributed by atoms with Gasteiger partial charge in [-0.3, -0.25) is 25.0 Å². The predicted octanol–water partition coefficient (Wildman–Crippen LogP) is 5.84. The first-order valence-electron chi connectivity index (χ1n) is 9.73. The molecule has 2 aromatic carbocycles. The number of carbonyl (C=O) groups excluding carboxylic acids is 1. The van der Waals surface area contributed by atoms with Crippen LogP contribution in [0.4, 0.5) is 11.4 Å². The van der Waals surface area contributed by atoms with E-state index in [0.29, 0.717) is 35.1 Å². The minimum Gasteiger partial charge on any atom is -0.289 e. The van der Waals surface area contributed by atoms with Gasteiger partial charge in [-0.15, -0.1) is 0 Å². The van der Waals surface area contributed by atoms with E-state index >= 15 is 0 Å². The van der Waals surface area contributed by atoms with Crippen LogP contribution in [0.25, 0.3) is 12.2 Å². The van der Waals surface area contributed by atoms with Crippen molar-refractivity contribution in [3.8, 4) is 0 Å². The molecule has 0 bridgehead atoms. The first kappa shape index (κ1) is 21.6. The summed E-state index contributed by atoms with van der Waals surface area (Å²) in [6, 6.07) is 12.8. The van der Waals surface area contributed by atoms with Crippen LogP contribution in [-0.4, -0.2) is 15.6 Å². The van der Waals surface area contributed by atoms with E-state index in [2.05, 4.69) is 0 Å². The van der Waals surface area contributed by atoms with Crippen molar-refractivity contribution < 1.29 is 14.6 Å². The average Bonchev–Trinajstić information content (AvgIpc) is 2.76. The second-order valence-electron chi connectivity index (χ2n) is 6.92. The summed E-state index contributed by atoms with van der Waals surface area (Å²) in [5, 5.41) is 22.2. The van der Waals surface area contributed by atoms with Gasteiger partial charge in [0.25, 0.3) is 11.4 Å². The van der Waals surface area contributed by atoms with Crippen LogP contribution in [0.15, 0.2) is 84.0 Å². The molecule has 0 heterocycles. The van der Waals surface area contributed by atoms with Gasteiger partial charge in [-0.1, -0.05) is 48.6 Å². The van der Waals surface area contributed by atoms with Gasteiger partial charge in [-0.05, 0) is 54.7 Å². The zero-order valence-electron chi connectivity index (χ0n) is 16.6. The molecule has 0 N–H and O–H groups in total. The van der Waals surface area contributed by atoms with Crippen molar-refractivity contribution in [2.24, 2.45) is 0 Å². The third-order valence-electron chi connectivity index (χ3n) is 4.89. The van der Waals surface area contributed by atoms with Crippen LogP contribution in [-0.2, 0) is 4.79 Å². The SMILES string of the molecule is O=C1C(=CC=Cc2ccccc2[N+](=O)[O-])CCCC1=CC=Cc1ccccc1[N+](=O)[O-]. The molecule has 0 radical (unpaired) electrons. The lowest BCUT2D eigenvalue weighted by atomic mass is 9.88.